The predicted octanol–water partition coefficient (Wildman–Crippen LogP) is 5.84. The molecule has 0 spiro atoms. The van der Waals surface area contributed by atoms with Gasteiger partial charge in [0.05, 0.1) is 0 Å². The Morgan fingerprint density at radius 2 is 1.12 bits per heavy atom. The van der Waals surface area contributed by atoms with Crippen molar-refractivity contribution in [2.75, 3.05) is 6.54 Å². The molecule has 0 N–H and O–H groups in total. The molecule has 0 saturated carbocycles. The number of hydrogen-bond donors (Lipinski definition) is 0. The quantitative estimate of drug-likeness (QED) is 0.590. The zero-order valence-corrected chi connectivity index (χ0v) is 12.3. The van der Waals surface area contributed by atoms with E-state index >= 15 is 0 Å². The first-order valence-electron chi connectivity index (χ1n) is 6.66. The van der Waals surface area contributed by atoms with Crippen molar-refractivity contribution in [3.8, 4) is 0 Å². The highest BCUT2D eigenvalue weighted by Gasteiger charge is 2.11. The van der Waals surface area contributed by atoms with Gasteiger partial charge in [-0.25, -0.2) is 0 Å². The average molecular weight is 248 g/mol. The van der Waals surface area contributed by atoms with Gasteiger partial charge in [0, 0.05) is 12.1 Å². The summed E-state index contributed by atoms with van der Waals surface area (Å²) in [7, 11) is 0. The Hall–Kier alpha value is -0.0400. The topological polar surface area (TPSA) is 3.24 Å². The second-order valence-corrected chi connectivity index (χ2v) is 4.98. The van der Waals surface area contributed by atoms with Crippen LogP contribution < -0.4 is 0 Å². The SMILES string of the molecule is C.C.CCC(C)C.CC[C@@H](C)N(CC)C(C)C. The molecule has 0 aromatic carbocycles. The normalized spacial score (nSPS) is 11.5. The van der Waals surface area contributed by atoms with E-state index in [2.05, 4.69) is 60.3 Å². The summed E-state index contributed by atoms with van der Waals surface area (Å²) in [6.07, 6.45) is 2.56. The van der Waals surface area contributed by atoms with Crippen molar-refractivity contribution in [2.45, 2.75) is 95.2 Å². The van der Waals surface area contributed by atoms with Crippen LogP contribution in [0.4, 0.5) is 0 Å². The van der Waals surface area contributed by atoms with Gasteiger partial charge in [-0.2, -0.15) is 0 Å². The van der Waals surface area contributed by atoms with Gasteiger partial charge in [-0.05, 0) is 39.7 Å². The van der Waals surface area contributed by atoms with Gasteiger partial charge in [-0.15, -0.1) is 0 Å². The summed E-state index contributed by atoms with van der Waals surface area (Å²) in [5.74, 6) is 0.884. The second-order valence-electron chi connectivity index (χ2n) is 4.98. The van der Waals surface area contributed by atoms with Crippen molar-refractivity contribution in [3.63, 3.8) is 0 Å². The molecule has 0 fully saturated rings. The van der Waals surface area contributed by atoms with Gasteiger partial charge in [0.1, 0.15) is 0 Å². The maximum absolute atomic E-state index is 2.51. The summed E-state index contributed by atoms with van der Waals surface area (Å²) in [4.78, 5) is 2.51. The van der Waals surface area contributed by atoms with Crippen LogP contribution in [0.5, 0.6) is 0 Å². The molecular weight excluding hydrogens is 206 g/mol. The van der Waals surface area contributed by atoms with Gasteiger partial charge in [0.2, 0.25) is 0 Å². The predicted molar refractivity (Wildman–Crippen MR) is 85.9 cm³/mol. The lowest BCUT2D eigenvalue weighted by Crippen LogP contribution is -2.37. The highest BCUT2D eigenvalue weighted by molar-refractivity contribution is 4.67. The Morgan fingerprint density at radius 3 is 1.18 bits per heavy atom. The number of rotatable bonds is 5. The van der Waals surface area contributed by atoms with E-state index in [-0.39, 0.29) is 14.9 Å². The molecule has 0 aliphatic carbocycles. The Kier molecular flexibility index (Phi) is 24.1. The van der Waals surface area contributed by atoms with Gasteiger partial charge < -0.3 is 0 Å². The fourth-order valence-electron chi connectivity index (χ4n) is 1.42. The van der Waals surface area contributed by atoms with E-state index in [1.807, 2.05) is 0 Å². The molecule has 0 bridgehead atoms. The molecule has 0 rings (SSSR count). The lowest BCUT2D eigenvalue weighted by Gasteiger charge is -2.30. The van der Waals surface area contributed by atoms with Crippen molar-refractivity contribution in [3.05, 3.63) is 0 Å². The highest BCUT2D eigenvalue weighted by atomic mass is 15.2. The van der Waals surface area contributed by atoms with Crippen LogP contribution in [-0.2, 0) is 0 Å². The molecule has 0 aliphatic heterocycles. The molecule has 0 aromatic heterocycles. The van der Waals surface area contributed by atoms with E-state index in [1.54, 1.807) is 0 Å². The third-order valence-electron chi connectivity index (χ3n) is 3.00. The molecular formula is C16H41N. The van der Waals surface area contributed by atoms with E-state index < -0.39 is 0 Å². The van der Waals surface area contributed by atoms with E-state index in [1.165, 1.54) is 19.4 Å². The zero-order chi connectivity index (χ0) is 12.4. The molecule has 1 nitrogen and oxygen atoms in total. The van der Waals surface area contributed by atoms with Crippen LogP contribution >= 0.6 is 0 Å². The van der Waals surface area contributed by atoms with Crippen LogP contribution in [0.1, 0.15) is 83.1 Å². The van der Waals surface area contributed by atoms with Crippen LogP contribution in [0.15, 0.2) is 0 Å². The van der Waals surface area contributed by atoms with Gasteiger partial charge >= 0.3 is 0 Å². The fraction of sp³-hybridized carbons (Fsp3) is 1.00. The summed E-state index contributed by atoms with van der Waals surface area (Å²) in [5.41, 5.74) is 0. The molecule has 0 unspecified atom stereocenters. The summed E-state index contributed by atoms with van der Waals surface area (Å²) < 4.78 is 0. The van der Waals surface area contributed by atoms with Crippen LogP contribution in [-0.4, -0.2) is 23.5 Å². The summed E-state index contributed by atoms with van der Waals surface area (Å²) in [6.45, 7) is 19.1. The summed E-state index contributed by atoms with van der Waals surface area (Å²) in [6, 6.07) is 1.44. The van der Waals surface area contributed by atoms with Crippen LogP contribution in [0, 0.1) is 5.92 Å². The minimum Gasteiger partial charge on any atom is -0.299 e. The van der Waals surface area contributed by atoms with Gasteiger partial charge in [0.15, 0.2) is 0 Å². The maximum atomic E-state index is 2.51. The first-order valence-corrected chi connectivity index (χ1v) is 6.66. The first kappa shape index (κ1) is 25.7. The Balaban J connectivity index is -0.000000105. The van der Waals surface area contributed by atoms with Crippen molar-refractivity contribution in [1.29, 1.82) is 0 Å². The third kappa shape index (κ3) is 16.0. The average Bonchev–Trinajstić information content (AvgIpc) is 2.18. The molecule has 1 atom stereocenters. The third-order valence-corrected chi connectivity index (χ3v) is 3.00. The van der Waals surface area contributed by atoms with Crippen molar-refractivity contribution < 1.29 is 0 Å². The lowest BCUT2D eigenvalue weighted by molar-refractivity contribution is 0.169. The smallest absolute Gasteiger partial charge is 0.00668 e. The molecule has 1 heteroatoms. The maximum Gasteiger partial charge on any atom is 0.00668 e. The largest absolute Gasteiger partial charge is 0.299 e. The Morgan fingerprint density at radius 1 is 0.765 bits per heavy atom. The molecule has 110 valence electrons. The molecule has 0 radical (unpaired) electrons. The number of nitrogens with zero attached hydrogens (tertiary/aromatic N) is 1. The Labute approximate surface area is 113 Å². The molecule has 17 heavy (non-hydrogen) atoms. The van der Waals surface area contributed by atoms with E-state index in [9.17, 15) is 0 Å². The lowest BCUT2D eigenvalue weighted by atomic mass is 10.2. The van der Waals surface area contributed by atoms with Gasteiger partial charge in [0.25, 0.3) is 0 Å². The monoisotopic (exact) mass is 247 g/mol. The summed E-state index contributed by atoms with van der Waals surface area (Å²) in [5, 5.41) is 0. The second kappa shape index (κ2) is 16.0. The van der Waals surface area contributed by atoms with E-state index in [0.717, 1.165) is 12.0 Å². The molecule has 0 aromatic rings. The fourth-order valence-corrected chi connectivity index (χ4v) is 1.42. The van der Waals surface area contributed by atoms with E-state index in [4.69, 9.17) is 0 Å². The van der Waals surface area contributed by atoms with Crippen molar-refractivity contribution >= 4 is 0 Å². The zero-order valence-electron chi connectivity index (χ0n) is 12.3. The van der Waals surface area contributed by atoms with Gasteiger partial charge in [-0.3, -0.25) is 4.90 Å². The van der Waals surface area contributed by atoms with Crippen LogP contribution in [0.25, 0.3) is 0 Å². The molecule has 0 amide bonds. The molecule has 0 aliphatic rings. The summed E-state index contributed by atoms with van der Waals surface area (Å²) >= 11 is 0. The number of hydrogen-bond acceptors (Lipinski definition) is 1. The Bertz CT molecular complexity index is 119. The van der Waals surface area contributed by atoms with Crippen LogP contribution in [0.2, 0.25) is 0 Å². The van der Waals surface area contributed by atoms with Crippen molar-refractivity contribution in [2.24, 2.45) is 5.92 Å². The highest BCUT2D eigenvalue weighted by Crippen LogP contribution is 2.06. The van der Waals surface area contributed by atoms with Gasteiger partial charge in [-0.1, -0.05) is 55.9 Å². The first-order chi connectivity index (χ1) is 6.90. The van der Waals surface area contributed by atoms with E-state index in [0.29, 0.717) is 6.04 Å². The van der Waals surface area contributed by atoms with Crippen molar-refractivity contribution in [1.82, 2.24) is 4.90 Å². The molecule has 0 heterocycles. The minimum absolute atomic E-state index is 0. The minimum atomic E-state index is 0. The standard InChI is InChI=1S/C9H21N.C5H12.2CH4/c1-6-9(5)10(7-2)8(3)4;1-4-5(2)3;;/h8-9H,6-7H2,1-5H3;5H,4H2,1-3H3;2*1H4/t9-;;;/m1.../s1. The molecule has 0 saturated heterocycles. The van der Waals surface area contributed by atoms with Crippen LogP contribution in [0.3, 0.4) is 0 Å².